The lowest BCUT2D eigenvalue weighted by Crippen LogP contribution is -2.17. The highest BCUT2D eigenvalue weighted by Gasteiger charge is 2.21. The molecule has 4 aromatic rings. The second-order valence-electron chi connectivity index (χ2n) is 7.96. The Bertz CT molecular complexity index is 1380. The predicted octanol–water partition coefficient (Wildman–Crippen LogP) is 6.91. The number of aromatic nitrogens is 1. The summed E-state index contributed by atoms with van der Waals surface area (Å²) < 4.78 is 10.9. The Morgan fingerprint density at radius 1 is 1.06 bits per heavy atom. The molecule has 1 atom stereocenters. The van der Waals surface area contributed by atoms with Gasteiger partial charge in [0.25, 0.3) is 0 Å². The molecule has 0 aliphatic carbocycles. The Hall–Kier alpha value is -4.10. The number of amides is 1. The first-order chi connectivity index (χ1) is 16.8. The molecule has 0 saturated carbocycles. The third-order valence-corrected chi connectivity index (χ3v) is 5.87. The van der Waals surface area contributed by atoms with Crippen LogP contribution in [0.4, 0.5) is 10.5 Å². The minimum atomic E-state index is -0.906. The quantitative estimate of drug-likeness (QED) is 0.292. The summed E-state index contributed by atoms with van der Waals surface area (Å²) in [6, 6.07) is 21.9. The Kier molecular flexibility index (Phi) is 7.17. The molecule has 0 radical (unpaired) electrons. The van der Waals surface area contributed by atoms with Gasteiger partial charge in [-0.15, -0.1) is 0 Å². The molecule has 3 aromatic carbocycles. The number of carboxylic acids is 1. The molecular formula is C27H23ClN2O5. The molecule has 35 heavy (non-hydrogen) atoms. The van der Waals surface area contributed by atoms with Crippen molar-refractivity contribution in [3.05, 3.63) is 94.7 Å². The number of hydrogen-bond donors (Lipinski definition) is 2. The second kappa shape index (κ2) is 10.4. The Labute approximate surface area is 207 Å². The number of rotatable bonds is 7. The lowest BCUT2D eigenvalue weighted by molar-refractivity contribution is -0.136. The van der Waals surface area contributed by atoms with Crippen molar-refractivity contribution >= 4 is 29.4 Å². The fourth-order valence-electron chi connectivity index (χ4n) is 3.83. The molecule has 0 spiro atoms. The van der Waals surface area contributed by atoms with E-state index in [9.17, 15) is 14.7 Å². The van der Waals surface area contributed by atoms with Gasteiger partial charge >= 0.3 is 12.1 Å². The number of benzene rings is 3. The number of carboxylic acid groups (broad SMARTS) is 1. The van der Waals surface area contributed by atoms with E-state index < -0.39 is 18.2 Å². The third kappa shape index (κ3) is 5.53. The van der Waals surface area contributed by atoms with Crippen LogP contribution in [0.1, 0.15) is 29.9 Å². The summed E-state index contributed by atoms with van der Waals surface area (Å²) in [5.74, 6) is -0.490. The van der Waals surface area contributed by atoms with E-state index in [0.717, 1.165) is 11.1 Å². The zero-order chi connectivity index (χ0) is 24.9. The maximum atomic E-state index is 12.7. The van der Waals surface area contributed by atoms with Crippen LogP contribution >= 0.6 is 11.6 Å². The van der Waals surface area contributed by atoms with E-state index in [1.807, 2.05) is 48.5 Å². The molecular weight excluding hydrogens is 468 g/mol. The molecule has 4 rings (SSSR count). The normalized spacial score (nSPS) is 11.6. The van der Waals surface area contributed by atoms with E-state index in [1.165, 1.54) is 0 Å². The number of nitrogens with zero attached hydrogens (tertiary/aromatic N) is 1. The number of nitrogens with one attached hydrogen (secondary N) is 1. The fraction of sp³-hybridized carbons (Fsp3) is 0.148. The van der Waals surface area contributed by atoms with Crippen LogP contribution in [0.3, 0.4) is 0 Å². The highest BCUT2D eigenvalue weighted by atomic mass is 35.5. The van der Waals surface area contributed by atoms with Crippen LogP contribution in [0, 0.1) is 6.92 Å². The third-order valence-electron chi connectivity index (χ3n) is 5.52. The molecule has 0 aliphatic heterocycles. The van der Waals surface area contributed by atoms with Crippen LogP contribution in [-0.2, 0) is 16.0 Å². The van der Waals surface area contributed by atoms with Crippen LogP contribution < -0.4 is 5.32 Å². The zero-order valence-corrected chi connectivity index (χ0v) is 19.9. The van der Waals surface area contributed by atoms with E-state index >= 15 is 0 Å². The summed E-state index contributed by atoms with van der Waals surface area (Å²) in [5, 5.41) is 16.6. The van der Waals surface area contributed by atoms with Crippen molar-refractivity contribution in [1.29, 1.82) is 0 Å². The van der Waals surface area contributed by atoms with Crippen molar-refractivity contribution in [1.82, 2.24) is 5.16 Å². The highest BCUT2D eigenvalue weighted by Crippen LogP contribution is 2.34. The van der Waals surface area contributed by atoms with Crippen molar-refractivity contribution in [2.45, 2.75) is 26.4 Å². The number of carbonyl (C=O) groups excluding carboxylic acids is 1. The maximum absolute atomic E-state index is 12.7. The Balaban J connectivity index is 1.59. The minimum absolute atomic E-state index is 0.0915. The first-order valence-corrected chi connectivity index (χ1v) is 11.3. The van der Waals surface area contributed by atoms with Gasteiger partial charge in [0, 0.05) is 16.1 Å². The van der Waals surface area contributed by atoms with Gasteiger partial charge in [0.15, 0.2) is 5.76 Å². The van der Waals surface area contributed by atoms with Gasteiger partial charge in [-0.2, -0.15) is 0 Å². The monoisotopic (exact) mass is 490 g/mol. The van der Waals surface area contributed by atoms with Crippen molar-refractivity contribution in [3.63, 3.8) is 0 Å². The van der Waals surface area contributed by atoms with Crippen molar-refractivity contribution in [2.75, 3.05) is 5.32 Å². The molecule has 2 N–H and O–H groups in total. The van der Waals surface area contributed by atoms with Gasteiger partial charge in [-0.25, -0.2) is 4.79 Å². The molecule has 0 bridgehead atoms. The standard InChI is InChI=1S/C27H23ClN2O5/c1-16(21-11-5-6-13-23(21)28)34-27(33)29-25-17(2)35-30-26(25)20-10-7-9-18(14-20)22-12-4-3-8-19(22)15-24(31)32/h3-14,16H,15H2,1-2H3,(H,29,33)(H,31,32). The molecule has 0 aliphatic rings. The average molecular weight is 491 g/mol. The maximum Gasteiger partial charge on any atom is 0.412 e. The van der Waals surface area contributed by atoms with Crippen molar-refractivity contribution in [3.8, 4) is 22.4 Å². The first-order valence-electron chi connectivity index (χ1n) is 10.9. The van der Waals surface area contributed by atoms with Gasteiger partial charge in [0.1, 0.15) is 17.5 Å². The lowest BCUT2D eigenvalue weighted by atomic mass is 9.95. The summed E-state index contributed by atoms with van der Waals surface area (Å²) in [5.41, 5.74) is 4.53. The number of halogens is 1. The summed E-state index contributed by atoms with van der Waals surface area (Å²) in [7, 11) is 0. The largest absolute Gasteiger partial charge is 0.481 e. The summed E-state index contributed by atoms with van der Waals surface area (Å²) in [6.45, 7) is 3.43. The van der Waals surface area contributed by atoms with E-state index in [4.69, 9.17) is 20.9 Å². The zero-order valence-electron chi connectivity index (χ0n) is 19.1. The number of aliphatic carboxylic acids is 1. The number of carbonyl (C=O) groups is 2. The van der Waals surface area contributed by atoms with Crippen LogP contribution in [0.25, 0.3) is 22.4 Å². The minimum Gasteiger partial charge on any atom is -0.481 e. The van der Waals surface area contributed by atoms with Gasteiger partial charge in [-0.1, -0.05) is 77.4 Å². The topological polar surface area (TPSA) is 102 Å². The predicted molar refractivity (Wildman–Crippen MR) is 133 cm³/mol. The Morgan fingerprint density at radius 2 is 1.77 bits per heavy atom. The van der Waals surface area contributed by atoms with Crippen molar-refractivity contribution in [2.24, 2.45) is 0 Å². The van der Waals surface area contributed by atoms with Crippen LogP contribution in [0.15, 0.2) is 77.3 Å². The molecule has 0 saturated heterocycles. The van der Waals surface area contributed by atoms with E-state index in [2.05, 4.69) is 10.5 Å². The molecule has 178 valence electrons. The van der Waals surface area contributed by atoms with Gasteiger partial charge in [0.2, 0.25) is 0 Å². The molecule has 1 unspecified atom stereocenters. The van der Waals surface area contributed by atoms with Gasteiger partial charge < -0.3 is 14.4 Å². The number of aryl methyl sites for hydroxylation is 1. The molecule has 0 fully saturated rings. The summed E-state index contributed by atoms with van der Waals surface area (Å²) in [6.07, 6.45) is -1.33. The number of ether oxygens (including phenoxy) is 1. The van der Waals surface area contributed by atoms with Gasteiger partial charge in [0.05, 0.1) is 6.42 Å². The van der Waals surface area contributed by atoms with E-state index in [-0.39, 0.29) is 6.42 Å². The average Bonchev–Trinajstić information content (AvgIpc) is 3.19. The highest BCUT2D eigenvalue weighted by molar-refractivity contribution is 6.31. The number of hydrogen-bond acceptors (Lipinski definition) is 5. The van der Waals surface area contributed by atoms with Gasteiger partial charge in [-0.3, -0.25) is 10.1 Å². The van der Waals surface area contributed by atoms with E-state index in [0.29, 0.717) is 38.9 Å². The van der Waals surface area contributed by atoms with Crippen LogP contribution in [0.5, 0.6) is 0 Å². The number of anilines is 1. The second-order valence-corrected chi connectivity index (χ2v) is 8.37. The molecule has 1 amide bonds. The van der Waals surface area contributed by atoms with Crippen LogP contribution in [0.2, 0.25) is 5.02 Å². The van der Waals surface area contributed by atoms with E-state index in [1.54, 1.807) is 38.1 Å². The molecule has 7 nitrogen and oxygen atoms in total. The van der Waals surface area contributed by atoms with Crippen LogP contribution in [-0.4, -0.2) is 22.3 Å². The van der Waals surface area contributed by atoms with Gasteiger partial charge in [-0.05, 0) is 42.7 Å². The molecule has 1 heterocycles. The molecule has 8 heteroatoms. The fourth-order valence-corrected chi connectivity index (χ4v) is 4.12. The first kappa shape index (κ1) is 24.0. The SMILES string of the molecule is Cc1onc(-c2cccc(-c3ccccc3CC(=O)O)c2)c1NC(=O)OC(C)c1ccccc1Cl. The smallest absolute Gasteiger partial charge is 0.412 e. The summed E-state index contributed by atoms with van der Waals surface area (Å²) in [4.78, 5) is 24.0. The molecule has 1 aromatic heterocycles. The van der Waals surface area contributed by atoms with Crippen molar-refractivity contribution < 1.29 is 24.0 Å². The summed E-state index contributed by atoms with van der Waals surface area (Å²) >= 11 is 6.21. The lowest BCUT2D eigenvalue weighted by Gasteiger charge is -2.15. The Morgan fingerprint density at radius 3 is 2.54 bits per heavy atom.